The fraction of sp³-hybridized carbons (Fsp3) is 0.357. The Kier molecular flexibility index (Phi) is 5.25. The second-order valence-electron chi connectivity index (χ2n) is 4.60. The van der Waals surface area contributed by atoms with Crippen LogP contribution in [-0.2, 0) is 9.53 Å². The molecule has 0 saturated carbocycles. The predicted octanol–water partition coefficient (Wildman–Crippen LogP) is 2.63. The van der Waals surface area contributed by atoms with Crippen molar-refractivity contribution in [1.29, 1.82) is 0 Å². The Labute approximate surface area is 117 Å². The fourth-order valence-corrected chi connectivity index (χ4v) is 1.75. The molecule has 1 rings (SSSR count). The summed E-state index contributed by atoms with van der Waals surface area (Å²) in [7, 11) is 1.72. The monoisotopic (exact) mass is 278 g/mol. The summed E-state index contributed by atoms with van der Waals surface area (Å²) in [5.74, 6) is -0.351. The largest absolute Gasteiger partial charge is 0.462 e. The van der Waals surface area contributed by atoms with Gasteiger partial charge in [0.25, 0.3) is 5.69 Å². The van der Waals surface area contributed by atoms with E-state index >= 15 is 0 Å². The molecular weight excluding hydrogens is 260 g/mol. The molecule has 0 aliphatic rings. The van der Waals surface area contributed by atoms with Crippen LogP contribution in [0.3, 0.4) is 0 Å². The van der Waals surface area contributed by atoms with Crippen LogP contribution in [0.25, 0.3) is 6.08 Å². The van der Waals surface area contributed by atoms with Crippen LogP contribution in [-0.4, -0.2) is 30.6 Å². The van der Waals surface area contributed by atoms with Gasteiger partial charge in [-0.2, -0.15) is 0 Å². The van der Waals surface area contributed by atoms with Crippen LogP contribution < -0.4 is 4.90 Å². The molecule has 0 N–H and O–H groups in total. The molecule has 0 saturated heterocycles. The number of benzene rings is 1. The number of anilines is 1. The van der Waals surface area contributed by atoms with Crippen molar-refractivity contribution in [2.24, 2.45) is 0 Å². The minimum Gasteiger partial charge on any atom is -0.462 e. The van der Waals surface area contributed by atoms with Gasteiger partial charge in [-0.05, 0) is 19.9 Å². The van der Waals surface area contributed by atoms with Gasteiger partial charge in [-0.3, -0.25) is 14.9 Å². The van der Waals surface area contributed by atoms with E-state index in [1.165, 1.54) is 18.2 Å². The van der Waals surface area contributed by atoms with Gasteiger partial charge in [0.15, 0.2) is 0 Å². The molecule has 108 valence electrons. The molecule has 0 amide bonds. The van der Waals surface area contributed by atoms with E-state index in [-0.39, 0.29) is 24.3 Å². The number of hydrogen-bond donors (Lipinski definition) is 0. The molecular formula is C14H18N2O4. The Morgan fingerprint density at radius 2 is 2.20 bits per heavy atom. The molecule has 0 unspecified atom stereocenters. The molecule has 0 spiro atoms. The fourth-order valence-electron chi connectivity index (χ4n) is 1.75. The quantitative estimate of drug-likeness (QED) is 0.454. The third kappa shape index (κ3) is 4.08. The van der Waals surface area contributed by atoms with Crippen molar-refractivity contribution in [2.75, 3.05) is 18.5 Å². The molecule has 0 atom stereocenters. The molecule has 6 heteroatoms. The summed E-state index contributed by atoms with van der Waals surface area (Å²) in [5, 5.41) is 10.7. The molecule has 20 heavy (non-hydrogen) atoms. The standard InChI is InChI=1S/C14H18N2O4/c1-5-11-8-12(16(18)19)6-7-13(11)15(4)9-14(17)20-10(2)3/h5-8,10H,1,9H2,2-4H3. The lowest BCUT2D eigenvalue weighted by molar-refractivity contribution is -0.384. The van der Waals surface area contributed by atoms with Gasteiger partial charge in [0.2, 0.25) is 0 Å². The van der Waals surface area contributed by atoms with E-state index in [0.29, 0.717) is 11.3 Å². The third-order valence-electron chi connectivity index (χ3n) is 2.59. The van der Waals surface area contributed by atoms with Crippen LogP contribution in [0.15, 0.2) is 24.8 Å². The first-order chi connectivity index (χ1) is 9.35. The zero-order valence-electron chi connectivity index (χ0n) is 11.8. The summed E-state index contributed by atoms with van der Waals surface area (Å²) in [4.78, 5) is 23.6. The van der Waals surface area contributed by atoms with Crippen LogP contribution in [0.2, 0.25) is 0 Å². The van der Waals surface area contributed by atoms with Crippen molar-refractivity contribution in [2.45, 2.75) is 20.0 Å². The molecule has 0 fully saturated rings. The molecule has 0 aliphatic heterocycles. The normalized spacial score (nSPS) is 10.2. The SMILES string of the molecule is C=Cc1cc([N+](=O)[O-])ccc1N(C)CC(=O)OC(C)C. The van der Waals surface area contributed by atoms with Crippen molar-refractivity contribution < 1.29 is 14.5 Å². The summed E-state index contributed by atoms with van der Waals surface area (Å²) >= 11 is 0. The number of rotatable bonds is 6. The Morgan fingerprint density at radius 1 is 1.55 bits per heavy atom. The van der Waals surface area contributed by atoms with Gasteiger partial charge in [0.05, 0.1) is 11.0 Å². The summed E-state index contributed by atoms with van der Waals surface area (Å²) in [6, 6.07) is 4.41. The third-order valence-corrected chi connectivity index (χ3v) is 2.59. The van der Waals surface area contributed by atoms with E-state index in [1.807, 2.05) is 0 Å². The number of likely N-dealkylation sites (N-methyl/N-ethyl adjacent to an activating group) is 1. The van der Waals surface area contributed by atoms with Crippen molar-refractivity contribution in [3.63, 3.8) is 0 Å². The van der Waals surface area contributed by atoms with Crippen LogP contribution >= 0.6 is 0 Å². The molecule has 1 aromatic rings. The first-order valence-electron chi connectivity index (χ1n) is 6.16. The van der Waals surface area contributed by atoms with E-state index in [4.69, 9.17) is 4.74 Å². The number of esters is 1. The number of nitro groups is 1. The van der Waals surface area contributed by atoms with Gasteiger partial charge in [0.1, 0.15) is 6.54 Å². The zero-order valence-corrected chi connectivity index (χ0v) is 11.8. The number of nitrogens with zero attached hydrogens (tertiary/aromatic N) is 2. The number of ether oxygens (including phenoxy) is 1. The van der Waals surface area contributed by atoms with Crippen LogP contribution in [0, 0.1) is 10.1 Å². The van der Waals surface area contributed by atoms with E-state index < -0.39 is 4.92 Å². The van der Waals surface area contributed by atoms with Gasteiger partial charge in [0, 0.05) is 30.4 Å². The average Bonchev–Trinajstić information content (AvgIpc) is 2.36. The topological polar surface area (TPSA) is 72.7 Å². The van der Waals surface area contributed by atoms with Crippen LogP contribution in [0.4, 0.5) is 11.4 Å². The minimum atomic E-state index is -0.468. The van der Waals surface area contributed by atoms with E-state index in [2.05, 4.69) is 6.58 Å². The number of hydrogen-bond acceptors (Lipinski definition) is 5. The van der Waals surface area contributed by atoms with Crippen molar-refractivity contribution >= 4 is 23.4 Å². The van der Waals surface area contributed by atoms with Gasteiger partial charge in [-0.15, -0.1) is 0 Å². The molecule has 0 aromatic heterocycles. The maximum absolute atomic E-state index is 11.6. The molecule has 6 nitrogen and oxygen atoms in total. The Balaban J connectivity index is 2.92. The molecule has 0 bridgehead atoms. The second-order valence-corrected chi connectivity index (χ2v) is 4.60. The van der Waals surface area contributed by atoms with E-state index in [9.17, 15) is 14.9 Å². The lowest BCUT2D eigenvalue weighted by Gasteiger charge is -2.21. The summed E-state index contributed by atoms with van der Waals surface area (Å²) in [6.45, 7) is 7.26. The van der Waals surface area contributed by atoms with Gasteiger partial charge >= 0.3 is 5.97 Å². The Hall–Kier alpha value is -2.37. The molecule has 1 aromatic carbocycles. The van der Waals surface area contributed by atoms with Gasteiger partial charge in [-0.1, -0.05) is 12.7 Å². The maximum Gasteiger partial charge on any atom is 0.325 e. The molecule has 0 aliphatic carbocycles. The second kappa shape index (κ2) is 6.70. The summed E-state index contributed by atoms with van der Waals surface area (Å²) < 4.78 is 5.06. The minimum absolute atomic E-state index is 0.0122. The molecule has 0 radical (unpaired) electrons. The highest BCUT2D eigenvalue weighted by atomic mass is 16.6. The van der Waals surface area contributed by atoms with Crippen molar-refractivity contribution in [3.05, 3.63) is 40.5 Å². The van der Waals surface area contributed by atoms with E-state index in [1.54, 1.807) is 31.9 Å². The highest BCUT2D eigenvalue weighted by molar-refractivity contribution is 5.78. The van der Waals surface area contributed by atoms with Crippen LogP contribution in [0.1, 0.15) is 19.4 Å². The summed E-state index contributed by atoms with van der Waals surface area (Å²) in [6.07, 6.45) is 1.35. The zero-order chi connectivity index (χ0) is 15.3. The maximum atomic E-state index is 11.6. The number of non-ortho nitro benzene ring substituents is 1. The highest BCUT2D eigenvalue weighted by Crippen LogP contribution is 2.25. The number of carbonyl (C=O) groups is 1. The number of nitro benzene ring substituents is 1. The lowest BCUT2D eigenvalue weighted by atomic mass is 10.1. The Bertz CT molecular complexity index is 526. The highest BCUT2D eigenvalue weighted by Gasteiger charge is 2.15. The van der Waals surface area contributed by atoms with Gasteiger partial charge < -0.3 is 9.64 Å². The van der Waals surface area contributed by atoms with Crippen LogP contribution in [0.5, 0.6) is 0 Å². The molecule has 0 heterocycles. The Morgan fingerprint density at radius 3 is 2.70 bits per heavy atom. The van der Waals surface area contributed by atoms with Gasteiger partial charge in [-0.25, -0.2) is 0 Å². The first kappa shape index (κ1) is 15.7. The first-order valence-corrected chi connectivity index (χ1v) is 6.16. The summed E-state index contributed by atoms with van der Waals surface area (Å²) in [5.41, 5.74) is 1.27. The van der Waals surface area contributed by atoms with Crippen molar-refractivity contribution in [3.8, 4) is 0 Å². The smallest absolute Gasteiger partial charge is 0.325 e. The number of carbonyl (C=O) groups excluding carboxylic acids is 1. The average molecular weight is 278 g/mol. The predicted molar refractivity (Wildman–Crippen MR) is 77.7 cm³/mol. The van der Waals surface area contributed by atoms with E-state index in [0.717, 1.165) is 0 Å². The lowest BCUT2D eigenvalue weighted by Crippen LogP contribution is -2.29. The van der Waals surface area contributed by atoms with Crippen molar-refractivity contribution in [1.82, 2.24) is 0 Å².